The molecule has 1 atom stereocenters. The first-order valence-electron chi connectivity index (χ1n) is 8.05. The van der Waals surface area contributed by atoms with Crippen LogP contribution in [-0.2, 0) is 14.3 Å². The maximum atomic E-state index is 12.0. The lowest BCUT2D eigenvalue weighted by Crippen LogP contribution is -2.35. The lowest BCUT2D eigenvalue weighted by Gasteiger charge is -2.22. The van der Waals surface area contributed by atoms with Crippen LogP contribution in [0.5, 0.6) is 0 Å². The minimum atomic E-state index is -0.618. The van der Waals surface area contributed by atoms with Crippen molar-refractivity contribution in [2.75, 3.05) is 6.54 Å². The van der Waals surface area contributed by atoms with Gasteiger partial charge in [-0.25, -0.2) is 4.79 Å². The van der Waals surface area contributed by atoms with Crippen LogP contribution in [0, 0.1) is 0 Å². The van der Waals surface area contributed by atoms with E-state index in [9.17, 15) is 14.4 Å². The summed E-state index contributed by atoms with van der Waals surface area (Å²) in [5, 5.41) is 10.2. The van der Waals surface area contributed by atoms with Crippen molar-refractivity contribution in [3.8, 4) is 0 Å². The van der Waals surface area contributed by atoms with Crippen LogP contribution in [0.25, 0.3) is 0 Å². The van der Waals surface area contributed by atoms with E-state index in [0.717, 1.165) is 0 Å². The van der Waals surface area contributed by atoms with Gasteiger partial charge in [-0.2, -0.15) is 0 Å². The molecule has 0 unspecified atom stereocenters. The molecule has 2 heterocycles. The van der Waals surface area contributed by atoms with E-state index in [4.69, 9.17) is 9.15 Å². The maximum Gasteiger partial charge on any atom is 0.408 e. The summed E-state index contributed by atoms with van der Waals surface area (Å²) < 4.78 is 10.4. The zero-order chi connectivity index (χ0) is 18.4. The molecule has 1 N–H and O–H groups in total. The largest absolute Gasteiger partial charge is 0.444 e. The second kappa shape index (κ2) is 7.91. The number of ether oxygens (including phenoxy) is 1. The van der Waals surface area contributed by atoms with Crippen molar-refractivity contribution in [3.63, 3.8) is 0 Å². The van der Waals surface area contributed by atoms with Crippen molar-refractivity contribution >= 4 is 17.9 Å². The van der Waals surface area contributed by atoms with Gasteiger partial charge in [-0.1, -0.05) is 0 Å². The quantitative estimate of drug-likeness (QED) is 0.588. The fourth-order valence-electron chi connectivity index (χ4n) is 2.31. The molecular formula is C16H22N4O5. The first-order valence-corrected chi connectivity index (χ1v) is 8.05. The zero-order valence-corrected chi connectivity index (χ0v) is 14.5. The summed E-state index contributed by atoms with van der Waals surface area (Å²) in [7, 11) is 0. The number of hydrogen-bond donors (Lipinski definition) is 1. The standard InChI is InChI=1S/C16H22N4O5/c1-16(2,3)25-15(23)18-11(14-19-17-10-24-14)6-4-5-9-20-12(21)7-8-13(20)22/h7-8,10-11H,4-6,9H2,1-3H3,(H,18,23)/t11-/m0/s1. The van der Waals surface area contributed by atoms with E-state index in [0.29, 0.717) is 25.8 Å². The van der Waals surface area contributed by atoms with Crippen molar-refractivity contribution in [3.05, 3.63) is 24.4 Å². The minimum Gasteiger partial charge on any atom is -0.444 e. The first kappa shape index (κ1) is 18.6. The van der Waals surface area contributed by atoms with E-state index in [-0.39, 0.29) is 17.7 Å². The molecule has 9 nitrogen and oxygen atoms in total. The number of nitrogens with zero attached hydrogens (tertiary/aromatic N) is 3. The molecular weight excluding hydrogens is 328 g/mol. The topological polar surface area (TPSA) is 115 Å². The van der Waals surface area contributed by atoms with Gasteiger partial charge in [0.05, 0.1) is 0 Å². The third kappa shape index (κ3) is 5.70. The van der Waals surface area contributed by atoms with Crippen LogP contribution in [0.2, 0.25) is 0 Å². The average Bonchev–Trinajstić information content (AvgIpc) is 3.12. The van der Waals surface area contributed by atoms with Gasteiger partial charge in [0.25, 0.3) is 11.8 Å². The third-order valence-electron chi connectivity index (χ3n) is 3.39. The van der Waals surface area contributed by atoms with E-state index in [1.807, 2.05) is 0 Å². The fraction of sp³-hybridized carbons (Fsp3) is 0.562. The highest BCUT2D eigenvalue weighted by Crippen LogP contribution is 2.19. The summed E-state index contributed by atoms with van der Waals surface area (Å²) >= 11 is 0. The molecule has 136 valence electrons. The molecule has 3 amide bonds. The lowest BCUT2D eigenvalue weighted by atomic mass is 10.1. The Hall–Kier alpha value is -2.71. The first-order chi connectivity index (χ1) is 11.8. The maximum absolute atomic E-state index is 12.0. The van der Waals surface area contributed by atoms with Gasteiger partial charge in [0, 0.05) is 18.7 Å². The number of imide groups is 1. The highest BCUT2D eigenvalue weighted by molar-refractivity contribution is 6.12. The van der Waals surface area contributed by atoms with Crippen LogP contribution in [0.4, 0.5) is 4.79 Å². The van der Waals surface area contributed by atoms with Crippen LogP contribution in [0.1, 0.15) is 52.0 Å². The minimum absolute atomic E-state index is 0.279. The SMILES string of the molecule is CC(C)(C)OC(=O)N[C@@H](CCCCN1C(=O)C=CC1=O)c1nnco1. The molecule has 0 radical (unpaired) electrons. The predicted molar refractivity (Wildman–Crippen MR) is 86.1 cm³/mol. The zero-order valence-electron chi connectivity index (χ0n) is 14.5. The molecule has 1 aromatic rings. The van der Waals surface area contributed by atoms with E-state index >= 15 is 0 Å². The molecule has 25 heavy (non-hydrogen) atoms. The van der Waals surface area contributed by atoms with E-state index in [1.165, 1.54) is 23.4 Å². The predicted octanol–water partition coefficient (Wildman–Crippen LogP) is 1.73. The number of rotatable bonds is 7. The smallest absolute Gasteiger partial charge is 0.408 e. The molecule has 0 spiro atoms. The van der Waals surface area contributed by atoms with Crippen molar-refractivity contribution < 1.29 is 23.5 Å². The number of unbranched alkanes of at least 4 members (excludes halogenated alkanes) is 1. The Morgan fingerprint density at radius 2 is 1.96 bits per heavy atom. The van der Waals surface area contributed by atoms with Gasteiger partial charge in [-0.05, 0) is 40.0 Å². The number of amides is 3. The molecule has 1 aliphatic heterocycles. The third-order valence-corrected chi connectivity index (χ3v) is 3.39. The Morgan fingerprint density at radius 1 is 1.28 bits per heavy atom. The summed E-state index contributed by atoms with van der Waals surface area (Å²) in [4.78, 5) is 36.1. The Morgan fingerprint density at radius 3 is 2.52 bits per heavy atom. The van der Waals surface area contributed by atoms with Gasteiger partial charge in [-0.15, -0.1) is 10.2 Å². The Balaban J connectivity index is 1.84. The van der Waals surface area contributed by atoms with Crippen LogP contribution in [0.3, 0.4) is 0 Å². The number of carbonyl (C=O) groups excluding carboxylic acids is 3. The van der Waals surface area contributed by atoms with Gasteiger partial charge in [0.15, 0.2) is 0 Å². The second-order valence-electron chi connectivity index (χ2n) is 6.63. The van der Waals surface area contributed by atoms with E-state index in [1.54, 1.807) is 20.8 Å². The van der Waals surface area contributed by atoms with Crippen molar-refractivity contribution in [1.29, 1.82) is 0 Å². The van der Waals surface area contributed by atoms with Gasteiger partial charge in [0.1, 0.15) is 11.6 Å². The fourth-order valence-corrected chi connectivity index (χ4v) is 2.31. The van der Waals surface area contributed by atoms with Crippen molar-refractivity contribution in [2.24, 2.45) is 0 Å². The van der Waals surface area contributed by atoms with E-state index in [2.05, 4.69) is 15.5 Å². The molecule has 1 aromatic heterocycles. The average molecular weight is 350 g/mol. The van der Waals surface area contributed by atoms with Gasteiger partial charge >= 0.3 is 6.09 Å². The molecule has 0 aromatic carbocycles. The van der Waals surface area contributed by atoms with Gasteiger partial charge in [0.2, 0.25) is 12.3 Å². The van der Waals surface area contributed by atoms with Crippen molar-refractivity contribution in [1.82, 2.24) is 20.4 Å². The number of alkyl carbamates (subject to hydrolysis) is 1. The Bertz CT molecular complexity index is 630. The van der Waals surface area contributed by atoms with Crippen molar-refractivity contribution in [2.45, 2.75) is 51.7 Å². The monoisotopic (exact) mass is 350 g/mol. The highest BCUT2D eigenvalue weighted by atomic mass is 16.6. The number of nitrogens with one attached hydrogen (secondary N) is 1. The summed E-state index contributed by atoms with van der Waals surface area (Å²) in [5.41, 5.74) is -0.618. The molecule has 9 heteroatoms. The summed E-state index contributed by atoms with van der Waals surface area (Å²) in [6.07, 6.45) is 4.86. The summed E-state index contributed by atoms with van der Waals surface area (Å²) in [5.74, 6) is -0.323. The van der Waals surface area contributed by atoms with Crippen LogP contribution in [0.15, 0.2) is 23.0 Å². The molecule has 0 aliphatic carbocycles. The van der Waals surface area contributed by atoms with Crippen LogP contribution in [-0.4, -0.2) is 45.2 Å². The molecule has 0 fully saturated rings. The van der Waals surface area contributed by atoms with Crippen LogP contribution < -0.4 is 5.32 Å². The van der Waals surface area contributed by atoms with Crippen LogP contribution >= 0.6 is 0 Å². The Kier molecular flexibility index (Phi) is 5.89. The molecule has 2 rings (SSSR count). The van der Waals surface area contributed by atoms with Gasteiger partial charge in [-0.3, -0.25) is 14.5 Å². The molecule has 0 saturated carbocycles. The number of carbonyl (C=O) groups is 3. The highest BCUT2D eigenvalue weighted by Gasteiger charge is 2.25. The summed E-state index contributed by atoms with van der Waals surface area (Å²) in [6.45, 7) is 5.64. The summed E-state index contributed by atoms with van der Waals surface area (Å²) in [6, 6.07) is -0.500. The molecule has 0 saturated heterocycles. The van der Waals surface area contributed by atoms with E-state index < -0.39 is 17.7 Å². The molecule has 1 aliphatic rings. The Labute approximate surface area is 145 Å². The molecule has 0 bridgehead atoms. The van der Waals surface area contributed by atoms with Gasteiger partial charge < -0.3 is 14.5 Å². The second-order valence-corrected chi connectivity index (χ2v) is 6.63. The number of hydrogen-bond acceptors (Lipinski definition) is 7. The normalized spacial score (nSPS) is 15.6. The number of aromatic nitrogens is 2. The lowest BCUT2D eigenvalue weighted by molar-refractivity contribution is -0.136.